The Kier molecular flexibility index (Phi) is 9.44. The minimum atomic E-state index is -0.256. The summed E-state index contributed by atoms with van der Waals surface area (Å²) < 4.78 is 13.5. The number of rotatable bonds is 10. The highest BCUT2D eigenvalue weighted by Gasteiger charge is 2.22. The average Bonchev–Trinajstić information content (AvgIpc) is 3.07. The van der Waals surface area contributed by atoms with Crippen molar-refractivity contribution in [2.75, 3.05) is 13.8 Å². The number of aromatic nitrogens is 2. The first-order valence-electron chi connectivity index (χ1n) is 11.7. The second-order valence-corrected chi connectivity index (χ2v) is 9.21. The van der Waals surface area contributed by atoms with Crippen molar-refractivity contribution in [2.45, 2.75) is 79.7 Å². The molecular formula is C27H39N3O3. The summed E-state index contributed by atoms with van der Waals surface area (Å²) in [6, 6.07) is 8.44. The average molecular weight is 454 g/mol. The van der Waals surface area contributed by atoms with E-state index in [2.05, 4.69) is 55.1 Å². The summed E-state index contributed by atoms with van der Waals surface area (Å²) in [5.41, 5.74) is 5.93. The summed E-state index contributed by atoms with van der Waals surface area (Å²) >= 11 is 0. The smallest absolute Gasteiger partial charge is 0.308 e. The van der Waals surface area contributed by atoms with Gasteiger partial charge < -0.3 is 9.47 Å². The van der Waals surface area contributed by atoms with Crippen molar-refractivity contribution < 1.29 is 14.3 Å². The highest BCUT2D eigenvalue weighted by Crippen LogP contribution is 2.31. The number of aryl methyl sites for hydroxylation is 2. The largest absolute Gasteiger partial charge is 0.454 e. The zero-order chi connectivity index (χ0) is 24.6. The van der Waals surface area contributed by atoms with E-state index < -0.39 is 0 Å². The monoisotopic (exact) mass is 453 g/mol. The van der Waals surface area contributed by atoms with Gasteiger partial charge in [-0.1, -0.05) is 58.4 Å². The molecule has 0 aliphatic carbocycles. The van der Waals surface area contributed by atoms with E-state index in [1.165, 1.54) is 5.56 Å². The number of ether oxygens (including phenoxy) is 2. The fraction of sp³-hybridized carbons (Fsp3) is 0.519. The Morgan fingerprint density at radius 1 is 1.12 bits per heavy atom. The van der Waals surface area contributed by atoms with Crippen molar-refractivity contribution in [3.8, 4) is 0 Å². The van der Waals surface area contributed by atoms with Gasteiger partial charge in [0.1, 0.15) is 5.69 Å². The molecule has 2 rings (SSSR count). The SMILES string of the molecule is CCCCC(=O)OCO/C(=C(/C=N\C)c1ccc(C(C)(C)C)cc1)c1c(C)c(C)nn1CC. The molecule has 1 aromatic heterocycles. The molecule has 0 atom stereocenters. The zero-order valence-corrected chi connectivity index (χ0v) is 21.5. The summed E-state index contributed by atoms with van der Waals surface area (Å²) in [4.78, 5) is 16.4. The topological polar surface area (TPSA) is 65.7 Å². The molecular weight excluding hydrogens is 414 g/mol. The van der Waals surface area contributed by atoms with E-state index in [1.54, 1.807) is 13.3 Å². The van der Waals surface area contributed by atoms with Crippen molar-refractivity contribution in [1.29, 1.82) is 0 Å². The molecule has 0 amide bonds. The van der Waals surface area contributed by atoms with Crippen molar-refractivity contribution in [1.82, 2.24) is 9.78 Å². The first-order chi connectivity index (χ1) is 15.6. The molecule has 0 saturated carbocycles. The fourth-order valence-electron chi connectivity index (χ4n) is 3.55. The third-order valence-electron chi connectivity index (χ3n) is 5.66. The van der Waals surface area contributed by atoms with Crippen molar-refractivity contribution >= 4 is 23.5 Å². The maximum absolute atomic E-state index is 12.0. The highest BCUT2D eigenvalue weighted by atomic mass is 16.7. The molecule has 6 heteroatoms. The number of hydrogen-bond acceptors (Lipinski definition) is 5. The molecule has 2 aromatic rings. The number of carbonyl (C=O) groups excluding carboxylic acids is 1. The Hall–Kier alpha value is -2.89. The Bertz CT molecular complexity index is 993. The molecule has 0 radical (unpaired) electrons. The van der Waals surface area contributed by atoms with E-state index in [0.29, 0.717) is 18.7 Å². The predicted octanol–water partition coefficient (Wildman–Crippen LogP) is 6.09. The van der Waals surface area contributed by atoms with Gasteiger partial charge in [-0.05, 0) is 43.7 Å². The summed E-state index contributed by atoms with van der Waals surface area (Å²) in [5.74, 6) is 0.348. The van der Waals surface area contributed by atoms with Crippen LogP contribution < -0.4 is 0 Å². The first-order valence-corrected chi connectivity index (χ1v) is 11.7. The third-order valence-corrected chi connectivity index (χ3v) is 5.66. The van der Waals surface area contributed by atoms with E-state index in [0.717, 1.165) is 40.9 Å². The molecule has 0 aliphatic rings. The lowest BCUT2D eigenvalue weighted by Gasteiger charge is -2.20. The first kappa shape index (κ1) is 26.4. The molecule has 0 unspecified atom stereocenters. The van der Waals surface area contributed by atoms with Gasteiger partial charge >= 0.3 is 5.97 Å². The Morgan fingerprint density at radius 3 is 2.33 bits per heavy atom. The second-order valence-electron chi connectivity index (χ2n) is 9.21. The van der Waals surface area contributed by atoms with Crippen molar-refractivity contribution in [3.63, 3.8) is 0 Å². The van der Waals surface area contributed by atoms with Crippen LogP contribution in [0.1, 0.15) is 82.0 Å². The number of carbonyl (C=O) groups is 1. The van der Waals surface area contributed by atoms with Crippen LogP contribution >= 0.6 is 0 Å². The normalized spacial score (nSPS) is 12.7. The van der Waals surface area contributed by atoms with E-state index in [4.69, 9.17) is 9.47 Å². The van der Waals surface area contributed by atoms with Crippen LogP contribution in [-0.4, -0.2) is 35.8 Å². The lowest BCUT2D eigenvalue weighted by atomic mass is 9.86. The summed E-state index contributed by atoms with van der Waals surface area (Å²) in [6.45, 7) is 15.2. The summed E-state index contributed by atoms with van der Waals surface area (Å²) in [7, 11) is 1.74. The Balaban J connectivity index is 2.57. The van der Waals surface area contributed by atoms with Gasteiger partial charge in [0.2, 0.25) is 6.79 Å². The van der Waals surface area contributed by atoms with Crippen LogP contribution in [-0.2, 0) is 26.2 Å². The highest BCUT2D eigenvalue weighted by molar-refractivity contribution is 6.18. The number of hydrogen-bond donors (Lipinski definition) is 0. The van der Waals surface area contributed by atoms with Crippen LogP contribution in [0.4, 0.5) is 0 Å². The molecule has 0 fully saturated rings. The van der Waals surface area contributed by atoms with E-state index >= 15 is 0 Å². The van der Waals surface area contributed by atoms with Crippen LogP contribution in [0, 0.1) is 13.8 Å². The van der Waals surface area contributed by atoms with Gasteiger partial charge in [0.15, 0.2) is 5.76 Å². The summed E-state index contributed by atoms with van der Waals surface area (Å²) in [6.07, 6.45) is 3.93. The number of nitrogens with zero attached hydrogens (tertiary/aromatic N) is 3. The van der Waals surface area contributed by atoms with Crippen molar-refractivity contribution in [2.24, 2.45) is 4.99 Å². The standard InChI is InChI=1S/C27H39N3O3/c1-9-11-12-24(31)32-18-33-26(25-19(3)20(4)29-30(25)10-2)23(17-28-8)21-13-15-22(16-14-21)27(5,6)7/h13-17H,9-12,18H2,1-8H3/b26-23-,28-17-. The molecule has 0 spiro atoms. The zero-order valence-electron chi connectivity index (χ0n) is 21.5. The van der Waals surface area contributed by atoms with Gasteiger partial charge in [-0.15, -0.1) is 0 Å². The van der Waals surface area contributed by atoms with E-state index in [1.807, 2.05) is 32.4 Å². The number of allylic oxidation sites excluding steroid dienone is 1. The maximum Gasteiger partial charge on any atom is 0.308 e. The fourth-order valence-corrected chi connectivity index (χ4v) is 3.55. The lowest BCUT2D eigenvalue weighted by molar-refractivity contribution is -0.151. The molecule has 0 aliphatic heterocycles. The van der Waals surface area contributed by atoms with Crippen molar-refractivity contribution in [3.05, 3.63) is 52.3 Å². The number of aliphatic imine (C=N–C) groups is 1. The quantitative estimate of drug-likeness (QED) is 0.189. The molecule has 0 N–H and O–H groups in total. The third kappa shape index (κ3) is 6.80. The Morgan fingerprint density at radius 2 is 1.79 bits per heavy atom. The maximum atomic E-state index is 12.0. The molecule has 1 aromatic carbocycles. The predicted molar refractivity (Wildman–Crippen MR) is 135 cm³/mol. The van der Waals surface area contributed by atoms with Gasteiger partial charge in [-0.2, -0.15) is 5.10 Å². The molecule has 0 saturated heterocycles. The van der Waals surface area contributed by atoms with Gasteiger partial charge in [-0.3, -0.25) is 14.5 Å². The van der Waals surface area contributed by atoms with Crippen LogP contribution in [0.5, 0.6) is 0 Å². The van der Waals surface area contributed by atoms with Crippen LogP contribution in [0.15, 0.2) is 29.3 Å². The number of benzene rings is 1. The lowest BCUT2D eigenvalue weighted by Crippen LogP contribution is -2.13. The number of esters is 1. The van der Waals surface area contributed by atoms with Crippen LogP contribution in [0.2, 0.25) is 0 Å². The summed E-state index contributed by atoms with van der Waals surface area (Å²) in [5, 5.41) is 4.67. The van der Waals surface area contributed by atoms with Crippen LogP contribution in [0.25, 0.3) is 11.3 Å². The molecule has 33 heavy (non-hydrogen) atoms. The van der Waals surface area contributed by atoms with E-state index in [9.17, 15) is 4.79 Å². The van der Waals surface area contributed by atoms with Crippen LogP contribution in [0.3, 0.4) is 0 Å². The van der Waals surface area contributed by atoms with Gasteiger partial charge in [-0.25, -0.2) is 0 Å². The molecule has 180 valence electrons. The van der Waals surface area contributed by atoms with Gasteiger partial charge in [0.05, 0.1) is 5.69 Å². The number of unbranched alkanes of at least 4 members (excludes halogenated alkanes) is 1. The van der Waals surface area contributed by atoms with E-state index in [-0.39, 0.29) is 18.2 Å². The minimum Gasteiger partial charge on any atom is -0.454 e. The second kappa shape index (κ2) is 11.8. The van der Waals surface area contributed by atoms with Gasteiger partial charge in [0, 0.05) is 37.4 Å². The molecule has 1 heterocycles. The minimum absolute atomic E-state index is 0.0573. The van der Waals surface area contributed by atoms with Gasteiger partial charge in [0.25, 0.3) is 0 Å². The molecule has 0 bridgehead atoms. The Labute approximate surface area is 198 Å². The molecule has 6 nitrogen and oxygen atoms in total.